The van der Waals surface area contributed by atoms with Crippen LogP contribution in [0.4, 0.5) is 11.5 Å². The Labute approximate surface area is 108 Å². The van der Waals surface area contributed by atoms with Crippen molar-refractivity contribution in [3.05, 3.63) is 42.5 Å². The van der Waals surface area contributed by atoms with E-state index in [1.807, 2.05) is 31.4 Å². The van der Waals surface area contributed by atoms with Crippen LogP contribution < -0.4 is 10.2 Å². The standard InChI is InChI=1S/C14H19N3O/c1-3-7-15-14-10-12(6-8-16-14)17(2)11-13-5-4-9-18-13/h4-6,8-10H,3,7,11H2,1-2H3,(H,15,16). The smallest absolute Gasteiger partial charge is 0.127 e. The van der Waals surface area contributed by atoms with Crippen LogP contribution in [0.15, 0.2) is 41.1 Å². The second-order valence-electron chi connectivity index (χ2n) is 4.26. The molecule has 0 spiro atoms. The largest absolute Gasteiger partial charge is 0.467 e. The van der Waals surface area contributed by atoms with Gasteiger partial charge in [-0.15, -0.1) is 0 Å². The minimum Gasteiger partial charge on any atom is -0.467 e. The number of nitrogens with zero attached hydrogens (tertiary/aromatic N) is 2. The molecule has 0 aromatic carbocycles. The lowest BCUT2D eigenvalue weighted by Gasteiger charge is -2.18. The van der Waals surface area contributed by atoms with E-state index in [0.717, 1.165) is 36.8 Å². The van der Waals surface area contributed by atoms with E-state index in [1.54, 1.807) is 6.26 Å². The Balaban J connectivity index is 2.03. The fourth-order valence-electron chi connectivity index (χ4n) is 1.73. The van der Waals surface area contributed by atoms with Crippen LogP contribution in [0.25, 0.3) is 0 Å². The number of nitrogens with one attached hydrogen (secondary N) is 1. The van der Waals surface area contributed by atoms with Crippen molar-refractivity contribution in [2.24, 2.45) is 0 Å². The molecule has 2 heterocycles. The molecule has 96 valence electrons. The van der Waals surface area contributed by atoms with Crippen LogP contribution in [0.1, 0.15) is 19.1 Å². The van der Waals surface area contributed by atoms with E-state index in [4.69, 9.17) is 4.42 Å². The zero-order chi connectivity index (χ0) is 12.8. The molecule has 0 bridgehead atoms. The summed E-state index contributed by atoms with van der Waals surface area (Å²) in [5.74, 6) is 1.87. The molecule has 0 aliphatic rings. The van der Waals surface area contributed by atoms with E-state index in [-0.39, 0.29) is 0 Å². The molecular formula is C14H19N3O. The van der Waals surface area contributed by atoms with Crippen molar-refractivity contribution in [3.8, 4) is 0 Å². The molecule has 0 unspecified atom stereocenters. The molecule has 0 saturated carbocycles. The van der Waals surface area contributed by atoms with Crippen molar-refractivity contribution in [3.63, 3.8) is 0 Å². The lowest BCUT2D eigenvalue weighted by Crippen LogP contribution is -2.16. The number of hydrogen-bond acceptors (Lipinski definition) is 4. The number of pyridine rings is 1. The lowest BCUT2D eigenvalue weighted by atomic mass is 10.3. The fraction of sp³-hybridized carbons (Fsp3) is 0.357. The van der Waals surface area contributed by atoms with Gasteiger partial charge in [-0.2, -0.15) is 0 Å². The first-order valence-corrected chi connectivity index (χ1v) is 6.23. The summed E-state index contributed by atoms with van der Waals surface area (Å²) < 4.78 is 5.35. The molecule has 4 nitrogen and oxygen atoms in total. The van der Waals surface area contributed by atoms with Gasteiger partial charge in [-0.1, -0.05) is 6.92 Å². The maximum atomic E-state index is 5.35. The Morgan fingerprint density at radius 3 is 3.00 bits per heavy atom. The highest BCUT2D eigenvalue weighted by atomic mass is 16.3. The highest BCUT2D eigenvalue weighted by Gasteiger charge is 2.05. The predicted octanol–water partition coefficient (Wildman–Crippen LogP) is 3.13. The van der Waals surface area contributed by atoms with Gasteiger partial charge in [-0.25, -0.2) is 4.98 Å². The number of hydrogen-bond donors (Lipinski definition) is 1. The van der Waals surface area contributed by atoms with E-state index in [2.05, 4.69) is 28.2 Å². The van der Waals surface area contributed by atoms with Gasteiger partial charge in [-0.05, 0) is 24.6 Å². The summed E-state index contributed by atoms with van der Waals surface area (Å²) in [5, 5.41) is 3.29. The van der Waals surface area contributed by atoms with Crippen molar-refractivity contribution >= 4 is 11.5 Å². The van der Waals surface area contributed by atoms with Gasteiger partial charge in [0.15, 0.2) is 0 Å². The molecule has 0 aliphatic carbocycles. The molecule has 4 heteroatoms. The molecule has 0 saturated heterocycles. The Morgan fingerprint density at radius 2 is 2.28 bits per heavy atom. The third-order valence-electron chi connectivity index (χ3n) is 2.71. The molecule has 0 amide bonds. The van der Waals surface area contributed by atoms with Crippen LogP contribution in [-0.2, 0) is 6.54 Å². The van der Waals surface area contributed by atoms with E-state index in [0.29, 0.717) is 0 Å². The highest BCUT2D eigenvalue weighted by Crippen LogP contribution is 2.18. The van der Waals surface area contributed by atoms with Gasteiger partial charge >= 0.3 is 0 Å². The fourth-order valence-corrected chi connectivity index (χ4v) is 1.73. The van der Waals surface area contributed by atoms with Gasteiger partial charge in [0, 0.05) is 31.5 Å². The number of rotatable bonds is 6. The van der Waals surface area contributed by atoms with E-state index in [9.17, 15) is 0 Å². The minimum absolute atomic E-state index is 0.754. The Bertz CT molecular complexity index is 468. The number of anilines is 2. The lowest BCUT2D eigenvalue weighted by molar-refractivity contribution is 0.507. The highest BCUT2D eigenvalue weighted by molar-refractivity contribution is 5.53. The minimum atomic E-state index is 0.754. The van der Waals surface area contributed by atoms with E-state index >= 15 is 0 Å². The summed E-state index contributed by atoms with van der Waals surface area (Å²) >= 11 is 0. The van der Waals surface area contributed by atoms with Crippen LogP contribution in [-0.4, -0.2) is 18.6 Å². The third-order valence-corrected chi connectivity index (χ3v) is 2.71. The maximum absolute atomic E-state index is 5.35. The average Bonchev–Trinajstić information content (AvgIpc) is 2.89. The van der Waals surface area contributed by atoms with Gasteiger partial charge in [-0.3, -0.25) is 0 Å². The van der Waals surface area contributed by atoms with E-state index in [1.165, 1.54) is 0 Å². The number of aromatic nitrogens is 1. The molecule has 1 N–H and O–H groups in total. The summed E-state index contributed by atoms with van der Waals surface area (Å²) in [4.78, 5) is 6.43. The summed E-state index contributed by atoms with van der Waals surface area (Å²) in [6.07, 6.45) is 4.62. The summed E-state index contributed by atoms with van der Waals surface area (Å²) in [7, 11) is 2.04. The Morgan fingerprint density at radius 1 is 1.39 bits per heavy atom. The quantitative estimate of drug-likeness (QED) is 0.849. The van der Waals surface area contributed by atoms with E-state index < -0.39 is 0 Å². The summed E-state index contributed by atoms with van der Waals surface area (Å²) in [6.45, 7) is 3.84. The van der Waals surface area contributed by atoms with Crippen LogP contribution in [0.3, 0.4) is 0 Å². The van der Waals surface area contributed by atoms with Crippen molar-refractivity contribution in [2.45, 2.75) is 19.9 Å². The normalized spacial score (nSPS) is 10.3. The van der Waals surface area contributed by atoms with Gasteiger partial charge in [0.2, 0.25) is 0 Å². The van der Waals surface area contributed by atoms with Crippen molar-refractivity contribution in [1.82, 2.24) is 4.98 Å². The monoisotopic (exact) mass is 245 g/mol. The molecule has 2 rings (SSSR count). The summed E-state index contributed by atoms with van der Waals surface area (Å²) in [5.41, 5.74) is 1.13. The first-order chi connectivity index (χ1) is 8.79. The molecule has 18 heavy (non-hydrogen) atoms. The van der Waals surface area contributed by atoms with Crippen LogP contribution in [0, 0.1) is 0 Å². The first-order valence-electron chi connectivity index (χ1n) is 6.23. The third kappa shape index (κ3) is 3.26. The molecule has 0 atom stereocenters. The molecule has 0 fully saturated rings. The van der Waals surface area contributed by atoms with Gasteiger partial charge in [0.05, 0.1) is 12.8 Å². The second-order valence-corrected chi connectivity index (χ2v) is 4.26. The molecular weight excluding hydrogens is 226 g/mol. The van der Waals surface area contributed by atoms with Crippen LogP contribution >= 0.6 is 0 Å². The number of furan rings is 1. The van der Waals surface area contributed by atoms with Crippen LogP contribution in [0.2, 0.25) is 0 Å². The van der Waals surface area contributed by atoms with Crippen molar-refractivity contribution in [1.29, 1.82) is 0 Å². The maximum Gasteiger partial charge on any atom is 0.127 e. The molecule has 0 radical (unpaired) electrons. The average molecular weight is 245 g/mol. The molecule has 0 aliphatic heterocycles. The van der Waals surface area contributed by atoms with Gasteiger partial charge in [0.25, 0.3) is 0 Å². The zero-order valence-electron chi connectivity index (χ0n) is 10.9. The molecule has 2 aromatic heterocycles. The second kappa shape index (κ2) is 6.10. The van der Waals surface area contributed by atoms with Crippen molar-refractivity contribution < 1.29 is 4.42 Å². The topological polar surface area (TPSA) is 41.3 Å². The predicted molar refractivity (Wildman–Crippen MR) is 73.8 cm³/mol. The van der Waals surface area contributed by atoms with Crippen LogP contribution in [0.5, 0.6) is 0 Å². The van der Waals surface area contributed by atoms with Crippen molar-refractivity contribution in [2.75, 3.05) is 23.8 Å². The Kier molecular flexibility index (Phi) is 4.23. The summed E-state index contributed by atoms with van der Waals surface area (Å²) in [6, 6.07) is 7.94. The van der Waals surface area contributed by atoms with Gasteiger partial charge < -0.3 is 14.6 Å². The SMILES string of the molecule is CCCNc1cc(N(C)Cc2ccco2)ccn1. The zero-order valence-corrected chi connectivity index (χ0v) is 10.9. The Hall–Kier alpha value is -1.97. The van der Waals surface area contributed by atoms with Gasteiger partial charge in [0.1, 0.15) is 11.6 Å². The molecule has 2 aromatic rings. The first kappa shape index (κ1) is 12.5.